The number of halogens is 2. The largest absolute Gasteiger partial charge is 0.477 e. The molecule has 2 aromatic heterocycles. The lowest BCUT2D eigenvalue weighted by molar-refractivity contribution is -0.131. The first-order valence-electron chi connectivity index (χ1n) is 17.1. The van der Waals surface area contributed by atoms with E-state index in [1.807, 2.05) is 12.1 Å². The molecule has 3 heterocycles. The average Bonchev–Trinajstić information content (AvgIpc) is 3.87. The Morgan fingerprint density at radius 3 is 2.49 bits per heavy atom. The van der Waals surface area contributed by atoms with Gasteiger partial charge in [0.2, 0.25) is 0 Å². The fourth-order valence-electron chi connectivity index (χ4n) is 7.57. The van der Waals surface area contributed by atoms with Crippen molar-refractivity contribution >= 4 is 58.1 Å². The molecule has 0 radical (unpaired) electrons. The number of anilines is 1. The maximum atomic E-state index is 11.9. The summed E-state index contributed by atoms with van der Waals surface area (Å²) >= 11 is 13.1. The number of ether oxygens (including phenoxy) is 1. The van der Waals surface area contributed by atoms with Crippen LogP contribution in [-0.2, 0) is 11.3 Å². The number of hydrogen-bond donors (Lipinski definition) is 1. The number of aliphatic imine (C=N–C) groups is 1. The van der Waals surface area contributed by atoms with Crippen molar-refractivity contribution in [2.75, 3.05) is 38.1 Å². The molecule has 9 nitrogen and oxygen atoms in total. The molecular weight excluding hydrogens is 661 g/mol. The van der Waals surface area contributed by atoms with Crippen molar-refractivity contribution in [3.8, 4) is 11.8 Å². The van der Waals surface area contributed by atoms with E-state index in [0.717, 1.165) is 111 Å². The predicted octanol–water partition coefficient (Wildman–Crippen LogP) is 7.96. The number of hydrogen-bond acceptors (Lipinski definition) is 8. The molecule has 1 aromatic carbocycles. The molecular formula is C38H41Cl2N5O4. The standard InChI is InChI=1S/C38H41Cl2N5O4/c1-24(39)32(30(40)22-41-2)33-29(34(49-43-33)26-6-7-26)23-48-38-13-10-37(11-14-38,12-15-38)9-8-25-4-5-27-21-31(36(46)47)42-35(28(27)20-25)45-18-16-44(3)17-19-45/h4-5,20-22,26H,2,6-7,10-19,23H2,1,3H3,(H,46,47)/b30-22+,32-24-. The number of carboxylic acid groups (broad SMARTS) is 1. The van der Waals surface area contributed by atoms with Gasteiger partial charge in [0.15, 0.2) is 5.69 Å². The van der Waals surface area contributed by atoms with Crippen LogP contribution in [0, 0.1) is 17.3 Å². The van der Waals surface area contributed by atoms with Crippen LogP contribution in [0.3, 0.4) is 0 Å². The highest BCUT2D eigenvalue weighted by molar-refractivity contribution is 6.41. The molecule has 0 amide bonds. The number of fused-ring (bicyclic) bond motifs is 4. The second-order valence-corrected chi connectivity index (χ2v) is 15.1. The number of aromatic carboxylic acids is 1. The summed E-state index contributed by atoms with van der Waals surface area (Å²) < 4.78 is 12.7. The third-order valence-corrected chi connectivity index (χ3v) is 11.3. The smallest absolute Gasteiger partial charge is 0.354 e. The van der Waals surface area contributed by atoms with Crippen LogP contribution >= 0.6 is 23.2 Å². The summed E-state index contributed by atoms with van der Waals surface area (Å²) in [5, 5.41) is 16.8. The summed E-state index contributed by atoms with van der Waals surface area (Å²) in [6, 6.07) is 7.71. The maximum Gasteiger partial charge on any atom is 0.354 e. The van der Waals surface area contributed by atoms with Crippen LogP contribution in [0.15, 0.2) is 50.0 Å². The van der Waals surface area contributed by atoms with Gasteiger partial charge in [0.05, 0.1) is 17.2 Å². The Kier molecular flexibility index (Phi) is 9.35. The molecule has 4 saturated carbocycles. The van der Waals surface area contributed by atoms with Crippen molar-refractivity contribution in [2.45, 2.75) is 76.4 Å². The maximum absolute atomic E-state index is 11.9. The summed E-state index contributed by atoms with van der Waals surface area (Å²) in [4.78, 5) is 24.8. The highest BCUT2D eigenvalue weighted by Crippen LogP contribution is 2.54. The Hall–Kier alpha value is -3.68. The van der Waals surface area contributed by atoms with Gasteiger partial charge in [-0.05, 0) is 95.6 Å². The first-order valence-corrected chi connectivity index (χ1v) is 17.8. The van der Waals surface area contributed by atoms with Gasteiger partial charge in [-0.2, -0.15) is 0 Å². The lowest BCUT2D eigenvalue weighted by Crippen LogP contribution is -2.47. The topological polar surface area (TPSA) is 104 Å². The number of aromatic nitrogens is 2. The van der Waals surface area contributed by atoms with Crippen LogP contribution in [0.5, 0.6) is 0 Å². The summed E-state index contributed by atoms with van der Waals surface area (Å²) in [5.74, 6) is 8.13. The normalized spacial score (nSPS) is 24.8. The molecule has 8 rings (SSSR count). The molecule has 49 heavy (non-hydrogen) atoms. The lowest BCUT2D eigenvalue weighted by Gasteiger charge is -2.51. The van der Waals surface area contributed by atoms with E-state index >= 15 is 0 Å². The van der Waals surface area contributed by atoms with E-state index in [4.69, 9.17) is 32.5 Å². The molecule has 1 saturated heterocycles. The third kappa shape index (κ3) is 6.89. The molecule has 256 valence electrons. The molecule has 0 spiro atoms. The fraction of sp³-hybridized carbons (Fsp3) is 0.474. The zero-order valence-electron chi connectivity index (χ0n) is 28.0. The number of carbonyl (C=O) groups is 1. The molecule has 3 aromatic rings. The van der Waals surface area contributed by atoms with E-state index in [2.05, 4.69) is 56.6 Å². The van der Waals surface area contributed by atoms with Crippen molar-refractivity contribution in [3.05, 3.63) is 68.8 Å². The highest BCUT2D eigenvalue weighted by Gasteiger charge is 2.49. The van der Waals surface area contributed by atoms with Gasteiger partial charge in [0.25, 0.3) is 0 Å². The Morgan fingerprint density at radius 1 is 1.14 bits per heavy atom. The molecule has 0 atom stereocenters. The SMILES string of the molecule is C=N/C=C(Cl)\C(=C(/C)Cl)c1noc(C2CC2)c1COC12CCC(C#Cc3ccc4cc(C(=O)O)nc(N5CCN(C)CC5)c4c3)(CC1)CC2. The minimum atomic E-state index is -1.02. The quantitative estimate of drug-likeness (QED) is 0.136. The minimum Gasteiger partial charge on any atom is -0.477 e. The van der Waals surface area contributed by atoms with E-state index in [1.165, 1.54) is 6.20 Å². The van der Waals surface area contributed by atoms with Crippen LogP contribution in [0.1, 0.15) is 97.3 Å². The molecule has 4 aliphatic carbocycles. The van der Waals surface area contributed by atoms with E-state index in [0.29, 0.717) is 33.9 Å². The van der Waals surface area contributed by atoms with E-state index < -0.39 is 5.97 Å². The molecule has 5 fully saturated rings. The van der Waals surface area contributed by atoms with Gasteiger partial charge in [-0.15, -0.1) is 0 Å². The van der Waals surface area contributed by atoms with Gasteiger partial charge in [-0.3, -0.25) is 4.99 Å². The van der Waals surface area contributed by atoms with Gasteiger partial charge in [0.1, 0.15) is 17.3 Å². The first kappa shape index (κ1) is 33.8. The molecule has 1 N–H and O–H groups in total. The molecule has 5 aliphatic rings. The Bertz CT molecular complexity index is 1900. The molecule has 0 unspecified atom stereocenters. The minimum absolute atomic E-state index is 0.0467. The number of carboxylic acids is 1. The van der Waals surface area contributed by atoms with Crippen molar-refractivity contribution in [2.24, 2.45) is 10.4 Å². The molecule has 1 aliphatic heterocycles. The average molecular weight is 703 g/mol. The van der Waals surface area contributed by atoms with Gasteiger partial charge >= 0.3 is 5.97 Å². The van der Waals surface area contributed by atoms with Gasteiger partial charge in [-0.25, -0.2) is 9.78 Å². The predicted molar refractivity (Wildman–Crippen MR) is 193 cm³/mol. The van der Waals surface area contributed by atoms with Crippen LogP contribution in [-0.4, -0.2) is 71.7 Å². The molecule has 2 bridgehead atoms. The second-order valence-electron chi connectivity index (χ2n) is 14.1. The van der Waals surface area contributed by atoms with Crippen LogP contribution in [0.2, 0.25) is 0 Å². The Labute approximate surface area is 297 Å². The van der Waals surface area contributed by atoms with Crippen LogP contribution in [0.25, 0.3) is 16.3 Å². The molecule has 11 heteroatoms. The highest BCUT2D eigenvalue weighted by atomic mass is 35.5. The van der Waals surface area contributed by atoms with E-state index in [-0.39, 0.29) is 16.7 Å². The number of benzene rings is 1. The number of pyridine rings is 1. The number of nitrogens with zero attached hydrogens (tertiary/aromatic N) is 5. The van der Waals surface area contributed by atoms with E-state index in [1.54, 1.807) is 13.0 Å². The number of allylic oxidation sites excluding steroid dienone is 3. The fourth-order valence-corrected chi connectivity index (χ4v) is 8.11. The van der Waals surface area contributed by atoms with Crippen molar-refractivity contribution in [1.82, 2.24) is 15.0 Å². The van der Waals surface area contributed by atoms with Gasteiger partial charge < -0.3 is 24.2 Å². The zero-order chi connectivity index (χ0) is 34.3. The second kappa shape index (κ2) is 13.6. The van der Waals surface area contributed by atoms with E-state index in [9.17, 15) is 9.90 Å². The number of piperazine rings is 1. The summed E-state index contributed by atoms with van der Waals surface area (Å²) in [6.45, 7) is 9.09. The Balaban J connectivity index is 1.08. The van der Waals surface area contributed by atoms with Crippen molar-refractivity contribution < 1.29 is 19.2 Å². The number of likely N-dealkylation sites (N-methyl/N-ethyl adjacent to an activating group) is 1. The summed E-state index contributed by atoms with van der Waals surface area (Å²) in [5.41, 5.74) is 2.85. The van der Waals surface area contributed by atoms with Crippen molar-refractivity contribution in [3.63, 3.8) is 0 Å². The first-order chi connectivity index (χ1) is 23.6. The van der Waals surface area contributed by atoms with Crippen LogP contribution in [0.4, 0.5) is 5.82 Å². The van der Waals surface area contributed by atoms with Gasteiger partial charge in [0, 0.05) is 70.8 Å². The Morgan fingerprint density at radius 2 is 1.86 bits per heavy atom. The summed E-state index contributed by atoms with van der Waals surface area (Å²) in [6.07, 6.45) is 9.34. The summed E-state index contributed by atoms with van der Waals surface area (Å²) in [7, 11) is 2.10. The lowest BCUT2D eigenvalue weighted by atomic mass is 9.59. The monoisotopic (exact) mass is 701 g/mol. The van der Waals surface area contributed by atoms with Crippen molar-refractivity contribution in [1.29, 1.82) is 0 Å². The van der Waals surface area contributed by atoms with Crippen LogP contribution < -0.4 is 4.90 Å². The number of rotatable bonds is 9. The zero-order valence-corrected chi connectivity index (χ0v) is 29.5. The van der Waals surface area contributed by atoms with Gasteiger partial charge in [-0.1, -0.05) is 46.3 Å². The third-order valence-electron chi connectivity index (χ3n) is 10.8.